The molecule has 2 unspecified atom stereocenters. The second kappa shape index (κ2) is 7.61. The molecule has 0 aromatic carbocycles. The van der Waals surface area contributed by atoms with Crippen LogP contribution in [0, 0.1) is 5.92 Å². The average molecular weight is 268 g/mol. The topological polar surface area (TPSA) is 35.5 Å². The molecule has 1 aliphatic carbocycles. The molecular formula is C16H32N2O. The van der Waals surface area contributed by atoms with Gasteiger partial charge in [0.2, 0.25) is 0 Å². The largest absolute Gasteiger partial charge is 0.394 e. The number of rotatable bonds is 4. The Hall–Kier alpha value is -0.120. The van der Waals surface area contributed by atoms with Gasteiger partial charge in [-0.25, -0.2) is 0 Å². The first-order chi connectivity index (χ1) is 9.30. The van der Waals surface area contributed by atoms with Gasteiger partial charge in [0.1, 0.15) is 0 Å². The molecule has 2 rings (SSSR count). The second-order valence-corrected chi connectivity index (χ2v) is 6.56. The minimum atomic E-state index is 0.0918. The van der Waals surface area contributed by atoms with Crippen molar-refractivity contribution in [2.24, 2.45) is 5.92 Å². The van der Waals surface area contributed by atoms with Gasteiger partial charge in [-0.3, -0.25) is 4.90 Å². The number of aliphatic hydroxyl groups excluding tert-OH is 1. The summed E-state index contributed by atoms with van der Waals surface area (Å²) in [6, 6.07) is 0. The minimum absolute atomic E-state index is 0.0918. The van der Waals surface area contributed by atoms with Crippen LogP contribution in [0.3, 0.4) is 0 Å². The van der Waals surface area contributed by atoms with Crippen molar-refractivity contribution in [3.8, 4) is 0 Å². The van der Waals surface area contributed by atoms with Gasteiger partial charge in [0, 0.05) is 25.2 Å². The summed E-state index contributed by atoms with van der Waals surface area (Å²) >= 11 is 0. The first-order valence-electron chi connectivity index (χ1n) is 8.37. The van der Waals surface area contributed by atoms with Gasteiger partial charge in [-0.05, 0) is 38.1 Å². The summed E-state index contributed by atoms with van der Waals surface area (Å²) in [6.07, 6.45) is 10.3. The van der Waals surface area contributed by atoms with Gasteiger partial charge < -0.3 is 10.4 Å². The number of nitrogens with zero attached hydrogens (tertiary/aromatic N) is 1. The Balaban J connectivity index is 2.00. The van der Waals surface area contributed by atoms with E-state index in [2.05, 4.69) is 17.1 Å². The molecule has 2 N–H and O–H groups in total. The van der Waals surface area contributed by atoms with Gasteiger partial charge in [-0.15, -0.1) is 0 Å². The van der Waals surface area contributed by atoms with Crippen molar-refractivity contribution in [1.82, 2.24) is 10.2 Å². The molecule has 3 heteroatoms. The summed E-state index contributed by atoms with van der Waals surface area (Å²) in [6.45, 7) is 7.14. The number of aliphatic hydroxyl groups is 1. The first kappa shape index (κ1) is 15.3. The van der Waals surface area contributed by atoms with Gasteiger partial charge in [0.05, 0.1) is 6.61 Å². The molecule has 0 aromatic heterocycles. The number of hydrogen-bond donors (Lipinski definition) is 2. The second-order valence-electron chi connectivity index (χ2n) is 6.56. The van der Waals surface area contributed by atoms with Crippen molar-refractivity contribution in [2.75, 3.05) is 32.8 Å². The first-order valence-corrected chi connectivity index (χ1v) is 8.37. The van der Waals surface area contributed by atoms with Crippen LogP contribution in [0.5, 0.6) is 0 Å². The van der Waals surface area contributed by atoms with E-state index >= 15 is 0 Å². The zero-order valence-corrected chi connectivity index (χ0v) is 12.7. The average Bonchev–Trinajstić information content (AvgIpc) is 2.81. The highest BCUT2D eigenvalue weighted by Gasteiger charge is 2.37. The van der Waals surface area contributed by atoms with Crippen molar-refractivity contribution in [1.29, 1.82) is 0 Å². The normalized spacial score (nSPS) is 34.7. The number of hydrogen-bond acceptors (Lipinski definition) is 3. The van der Waals surface area contributed by atoms with Crippen molar-refractivity contribution in [3.63, 3.8) is 0 Å². The maximum absolute atomic E-state index is 10.1. The maximum atomic E-state index is 10.1. The van der Waals surface area contributed by atoms with E-state index in [1.807, 2.05) is 0 Å². The third-order valence-electron chi connectivity index (χ3n) is 5.27. The molecule has 1 heterocycles. The molecule has 3 nitrogen and oxygen atoms in total. The fraction of sp³-hybridized carbons (Fsp3) is 1.00. The van der Waals surface area contributed by atoms with E-state index in [9.17, 15) is 5.11 Å². The van der Waals surface area contributed by atoms with Crippen LogP contribution in [-0.4, -0.2) is 48.3 Å². The third kappa shape index (κ3) is 3.93. The summed E-state index contributed by atoms with van der Waals surface area (Å²) in [7, 11) is 0. The predicted octanol–water partition coefficient (Wildman–Crippen LogP) is 2.39. The Kier molecular flexibility index (Phi) is 6.11. The maximum Gasteiger partial charge on any atom is 0.0615 e. The van der Waals surface area contributed by atoms with Gasteiger partial charge in [0.25, 0.3) is 0 Å². The highest BCUT2D eigenvalue weighted by atomic mass is 16.3. The lowest BCUT2D eigenvalue weighted by atomic mass is 9.87. The van der Waals surface area contributed by atoms with Crippen molar-refractivity contribution in [2.45, 2.75) is 63.8 Å². The number of nitrogens with one attached hydrogen (secondary N) is 1. The van der Waals surface area contributed by atoms with Gasteiger partial charge in [-0.1, -0.05) is 32.6 Å². The fourth-order valence-corrected chi connectivity index (χ4v) is 4.05. The molecule has 1 saturated heterocycles. The van der Waals surface area contributed by atoms with E-state index in [-0.39, 0.29) is 5.54 Å². The Morgan fingerprint density at radius 2 is 2.05 bits per heavy atom. The zero-order chi connectivity index (χ0) is 13.6. The van der Waals surface area contributed by atoms with Crippen LogP contribution in [0.15, 0.2) is 0 Å². The fourth-order valence-electron chi connectivity index (χ4n) is 4.05. The molecule has 2 aliphatic rings. The predicted molar refractivity (Wildman–Crippen MR) is 80.4 cm³/mol. The molecular weight excluding hydrogens is 236 g/mol. The highest BCUT2D eigenvalue weighted by Crippen LogP contribution is 2.36. The summed E-state index contributed by atoms with van der Waals surface area (Å²) in [5.74, 6) is 0.906. The molecule has 0 aromatic rings. The molecule has 0 bridgehead atoms. The van der Waals surface area contributed by atoms with Crippen molar-refractivity contribution < 1.29 is 5.11 Å². The van der Waals surface area contributed by atoms with Crippen molar-refractivity contribution >= 4 is 0 Å². The monoisotopic (exact) mass is 268 g/mol. The molecule has 19 heavy (non-hydrogen) atoms. The van der Waals surface area contributed by atoms with Crippen LogP contribution in [0.1, 0.15) is 58.3 Å². The summed E-state index contributed by atoms with van der Waals surface area (Å²) in [5.41, 5.74) is 0.0918. The summed E-state index contributed by atoms with van der Waals surface area (Å²) < 4.78 is 0. The Bertz CT molecular complexity index is 251. The van der Waals surface area contributed by atoms with E-state index in [1.54, 1.807) is 0 Å². The Morgan fingerprint density at radius 1 is 1.16 bits per heavy atom. The molecule has 1 aliphatic heterocycles. The van der Waals surface area contributed by atoms with Crippen molar-refractivity contribution in [3.05, 3.63) is 0 Å². The molecule has 0 amide bonds. The van der Waals surface area contributed by atoms with E-state index < -0.39 is 0 Å². The van der Waals surface area contributed by atoms with Crippen LogP contribution in [0.25, 0.3) is 0 Å². The van der Waals surface area contributed by atoms with Crippen LogP contribution in [0.4, 0.5) is 0 Å². The third-order valence-corrected chi connectivity index (χ3v) is 5.27. The lowest BCUT2D eigenvalue weighted by Gasteiger charge is -2.42. The van der Waals surface area contributed by atoms with Crippen LogP contribution in [-0.2, 0) is 0 Å². The highest BCUT2D eigenvalue weighted by molar-refractivity contribution is 4.94. The van der Waals surface area contributed by atoms with E-state index in [1.165, 1.54) is 51.4 Å². The minimum Gasteiger partial charge on any atom is -0.394 e. The molecule has 0 radical (unpaired) electrons. The van der Waals surface area contributed by atoms with E-state index in [4.69, 9.17) is 0 Å². The molecule has 2 atom stereocenters. The Morgan fingerprint density at radius 3 is 2.84 bits per heavy atom. The van der Waals surface area contributed by atoms with Gasteiger partial charge in [0.15, 0.2) is 0 Å². The van der Waals surface area contributed by atoms with Gasteiger partial charge in [-0.2, -0.15) is 0 Å². The quantitative estimate of drug-likeness (QED) is 0.769. The molecule has 0 spiro atoms. The summed E-state index contributed by atoms with van der Waals surface area (Å²) in [5, 5.41) is 13.5. The van der Waals surface area contributed by atoms with Gasteiger partial charge >= 0.3 is 0 Å². The lowest BCUT2D eigenvalue weighted by molar-refractivity contribution is 0.0202. The smallest absolute Gasteiger partial charge is 0.0615 e. The zero-order valence-electron chi connectivity index (χ0n) is 12.7. The Labute approximate surface area is 118 Å². The molecule has 1 saturated carbocycles. The van der Waals surface area contributed by atoms with Crippen LogP contribution in [0.2, 0.25) is 0 Å². The van der Waals surface area contributed by atoms with E-state index in [0.717, 1.165) is 32.1 Å². The van der Waals surface area contributed by atoms with Crippen LogP contribution >= 0.6 is 0 Å². The summed E-state index contributed by atoms with van der Waals surface area (Å²) in [4.78, 5) is 2.60. The van der Waals surface area contributed by atoms with E-state index in [0.29, 0.717) is 6.61 Å². The SMILES string of the molecule is CCCC1CCCC(CO)(N2CCCNCC2)CC1. The standard InChI is InChI=1S/C16H32N2O/c1-2-5-15-6-3-8-16(14-19,9-7-15)18-12-4-10-17-11-13-18/h15,17,19H,2-14H2,1H3. The molecule has 112 valence electrons. The van der Waals surface area contributed by atoms with Crippen LogP contribution < -0.4 is 5.32 Å². The molecule has 2 fully saturated rings. The lowest BCUT2D eigenvalue weighted by Crippen LogP contribution is -2.52.